The summed E-state index contributed by atoms with van der Waals surface area (Å²) in [5.41, 5.74) is 0.294. The Morgan fingerprint density at radius 2 is 2.39 bits per heavy atom. The molecule has 0 bridgehead atoms. The van der Waals surface area contributed by atoms with E-state index in [2.05, 4.69) is 4.98 Å². The molecule has 1 aromatic rings. The summed E-state index contributed by atoms with van der Waals surface area (Å²) in [6, 6.07) is 3.26. The van der Waals surface area contributed by atoms with E-state index in [0.717, 1.165) is 25.7 Å². The highest BCUT2D eigenvalue weighted by molar-refractivity contribution is 7.99. The molecule has 1 N–H and O–H groups in total. The van der Waals surface area contributed by atoms with Gasteiger partial charge >= 0.3 is 5.97 Å². The summed E-state index contributed by atoms with van der Waals surface area (Å²) >= 11 is 1.57. The van der Waals surface area contributed by atoms with Gasteiger partial charge in [0.15, 0.2) is 0 Å². The topological polar surface area (TPSA) is 59.4 Å². The Balaban J connectivity index is 2.07. The Hall–Kier alpha value is -1.07. The number of ether oxygens (including phenoxy) is 1. The molecule has 1 aromatic heterocycles. The minimum absolute atomic E-state index is 0.294. The molecular formula is C13H17NO3S. The van der Waals surface area contributed by atoms with E-state index in [1.165, 1.54) is 0 Å². The van der Waals surface area contributed by atoms with E-state index in [4.69, 9.17) is 9.84 Å². The monoisotopic (exact) mass is 267 g/mol. The smallest absolute Gasteiger partial charge is 0.338 e. The van der Waals surface area contributed by atoms with E-state index in [-0.39, 0.29) is 0 Å². The number of hydrogen-bond acceptors (Lipinski definition) is 4. The molecule has 0 saturated heterocycles. The number of aromatic nitrogens is 1. The number of thioether (sulfide) groups is 1. The summed E-state index contributed by atoms with van der Waals surface area (Å²) in [7, 11) is 1.74. The molecule has 2 rings (SSSR count). The molecule has 0 aliphatic heterocycles. The fourth-order valence-corrected chi connectivity index (χ4v) is 3.54. The van der Waals surface area contributed by atoms with Crippen molar-refractivity contribution in [1.82, 2.24) is 4.98 Å². The van der Waals surface area contributed by atoms with Gasteiger partial charge in [-0.3, -0.25) is 0 Å². The van der Waals surface area contributed by atoms with Crippen molar-refractivity contribution >= 4 is 17.7 Å². The predicted molar refractivity (Wildman–Crippen MR) is 70.1 cm³/mol. The van der Waals surface area contributed by atoms with Crippen LogP contribution in [0.5, 0.6) is 0 Å². The van der Waals surface area contributed by atoms with E-state index >= 15 is 0 Å². The largest absolute Gasteiger partial charge is 0.478 e. The van der Waals surface area contributed by atoms with Gasteiger partial charge in [-0.25, -0.2) is 9.78 Å². The summed E-state index contributed by atoms with van der Waals surface area (Å²) in [5, 5.41) is 10.1. The number of carboxylic acid groups (broad SMARTS) is 1. The molecule has 1 heterocycles. The second-order valence-electron chi connectivity index (χ2n) is 4.43. The third kappa shape index (κ3) is 3.23. The Morgan fingerprint density at radius 3 is 3.11 bits per heavy atom. The highest BCUT2D eigenvalue weighted by atomic mass is 32.2. The average molecular weight is 267 g/mol. The number of nitrogens with zero attached hydrogens (tertiary/aromatic N) is 1. The van der Waals surface area contributed by atoms with Gasteiger partial charge in [-0.15, -0.1) is 11.8 Å². The first-order valence-corrected chi connectivity index (χ1v) is 6.96. The summed E-state index contributed by atoms with van der Waals surface area (Å²) in [4.78, 5) is 15.3. The van der Waals surface area contributed by atoms with Gasteiger partial charge in [0.1, 0.15) is 5.03 Å². The number of aromatic carboxylic acids is 1. The van der Waals surface area contributed by atoms with Crippen molar-refractivity contribution in [2.45, 2.75) is 42.1 Å². The van der Waals surface area contributed by atoms with Crippen molar-refractivity contribution in [2.75, 3.05) is 7.11 Å². The Kier molecular flexibility index (Phi) is 4.60. The van der Waals surface area contributed by atoms with Crippen molar-refractivity contribution < 1.29 is 14.6 Å². The third-order valence-corrected chi connectivity index (χ3v) is 4.50. The van der Waals surface area contributed by atoms with Crippen LogP contribution in [0.2, 0.25) is 0 Å². The fraction of sp³-hybridized carbons (Fsp3) is 0.538. The first-order chi connectivity index (χ1) is 8.70. The second-order valence-corrected chi connectivity index (χ2v) is 5.71. The molecule has 0 aromatic carbocycles. The molecule has 1 fully saturated rings. The maximum absolute atomic E-state index is 11.1. The normalized spacial score (nSPS) is 23.8. The van der Waals surface area contributed by atoms with Crippen molar-refractivity contribution in [3.8, 4) is 0 Å². The third-order valence-electron chi connectivity index (χ3n) is 3.19. The lowest BCUT2D eigenvalue weighted by Gasteiger charge is -2.27. The van der Waals surface area contributed by atoms with Crippen LogP contribution in [0.3, 0.4) is 0 Å². The van der Waals surface area contributed by atoms with E-state index in [0.29, 0.717) is 21.9 Å². The van der Waals surface area contributed by atoms with Gasteiger partial charge in [-0.2, -0.15) is 0 Å². The SMILES string of the molecule is COC1CCCC(Sc2ncccc2C(=O)O)C1. The molecule has 0 amide bonds. The zero-order valence-electron chi connectivity index (χ0n) is 10.3. The highest BCUT2D eigenvalue weighted by Gasteiger charge is 2.24. The molecule has 4 nitrogen and oxygen atoms in total. The van der Waals surface area contributed by atoms with Crippen LogP contribution < -0.4 is 0 Å². The zero-order chi connectivity index (χ0) is 13.0. The van der Waals surface area contributed by atoms with Gasteiger partial charge in [0.25, 0.3) is 0 Å². The predicted octanol–water partition coefficient (Wildman–Crippen LogP) is 2.83. The number of hydrogen-bond donors (Lipinski definition) is 1. The molecule has 2 atom stereocenters. The average Bonchev–Trinajstić information content (AvgIpc) is 2.39. The Bertz CT molecular complexity index is 424. The minimum atomic E-state index is -0.912. The minimum Gasteiger partial charge on any atom is -0.478 e. The van der Waals surface area contributed by atoms with Crippen LogP contribution in [0.15, 0.2) is 23.4 Å². The number of pyridine rings is 1. The molecule has 1 aliphatic carbocycles. The van der Waals surface area contributed by atoms with Gasteiger partial charge in [0.2, 0.25) is 0 Å². The van der Waals surface area contributed by atoms with Gasteiger partial charge in [0, 0.05) is 18.6 Å². The first-order valence-electron chi connectivity index (χ1n) is 6.08. The lowest BCUT2D eigenvalue weighted by Crippen LogP contribution is -2.23. The standard InChI is InChI=1S/C13H17NO3S/c1-17-9-4-2-5-10(8-9)18-12-11(13(15)16)6-3-7-14-12/h3,6-7,9-10H,2,4-5,8H2,1H3,(H,15,16). The van der Waals surface area contributed by atoms with Crippen LogP contribution in [0.4, 0.5) is 0 Å². The van der Waals surface area contributed by atoms with Crippen molar-refractivity contribution in [3.63, 3.8) is 0 Å². The molecule has 5 heteroatoms. The Morgan fingerprint density at radius 1 is 1.56 bits per heavy atom. The maximum Gasteiger partial charge on any atom is 0.338 e. The van der Waals surface area contributed by atoms with Gasteiger partial charge in [-0.1, -0.05) is 0 Å². The van der Waals surface area contributed by atoms with Crippen LogP contribution in [0.25, 0.3) is 0 Å². The van der Waals surface area contributed by atoms with Gasteiger partial charge < -0.3 is 9.84 Å². The van der Waals surface area contributed by atoms with Crippen LogP contribution in [0, 0.1) is 0 Å². The Labute approximate surface area is 111 Å². The molecule has 1 aliphatic rings. The van der Waals surface area contributed by atoms with Gasteiger partial charge in [-0.05, 0) is 37.8 Å². The van der Waals surface area contributed by atoms with Crippen molar-refractivity contribution in [3.05, 3.63) is 23.9 Å². The summed E-state index contributed by atoms with van der Waals surface area (Å²) in [6.07, 6.45) is 6.24. The van der Waals surface area contributed by atoms with E-state index in [9.17, 15) is 4.79 Å². The zero-order valence-corrected chi connectivity index (χ0v) is 11.2. The summed E-state index contributed by atoms with van der Waals surface area (Å²) in [6.45, 7) is 0. The van der Waals surface area contributed by atoms with Crippen LogP contribution >= 0.6 is 11.8 Å². The number of rotatable bonds is 4. The van der Waals surface area contributed by atoms with E-state index in [1.807, 2.05) is 0 Å². The molecular weight excluding hydrogens is 250 g/mol. The van der Waals surface area contributed by atoms with Crippen molar-refractivity contribution in [2.24, 2.45) is 0 Å². The number of methoxy groups -OCH3 is 1. The maximum atomic E-state index is 11.1. The molecule has 0 spiro atoms. The van der Waals surface area contributed by atoms with Crippen molar-refractivity contribution in [1.29, 1.82) is 0 Å². The van der Waals surface area contributed by atoms with E-state index < -0.39 is 5.97 Å². The van der Waals surface area contributed by atoms with E-state index in [1.54, 1.807) is 37.2 Å². The lowest BCUT2D eigenvalue weighted by atomic mass is 9.97. The molecule has 18 heavy (non-hydrogen) atoms. The van der Waals surface area contributed by atoms with Crippen LogP contribution in [0.1, 0.15) is 36.0 Å². The van der Waals surface area contributed by atoms with Crippen LogP contribution in [-0.4, -0.2) is 34.5 Å². The van der Waals surface area contributed by atoms with Gasteiger partial charge in [0.05, 0.1) is 11.7 Å². The molecule has 0 radical (unpaired) electrons. The lowest BCUT2D eigenvalue weighted by molar-refractivity contribution is 0.0692. The number of carbonyl (C=O) groups is 1. The second kappa shape index (κ2) is 6.20. The summed E-state index contributed by atoms with van der Waals surface area (Å²) < 4.78 is 5.39. The summed E-state index contributed by atoms with van der Waals surface area (Å²) in [5.74, 6) is -0.912. The molecule has 2 unspecified atom stereocenters. The molecule has 1 saturated carbocycles. The quantitative estimate of drug-likeness (QED) is 0.909. The highest BCUT2D eigenvalue weighted by Crippen LogP contribution is 2.35. The molecule has 98 valence electrons. The number of carboxylic acids is 1. The van der Waals surface area contributed by atoms with Crippen LogP contribution in [-0.2, 0) is 4.74 Å². The first kappa shape index (κ1) is 13.4. The fourth-order valence-electron chi connectivity index (χ4n) is 2.23.